The van der Waals surface area contributed by atoms with Crippen molar-refractivity contribution < 1.29 is 13.5 Å². The summed E-state index contributed by atoms with van der Waals surface area (Å²) in [7, 11) is 0. The largest absolute Gasteiger partial charge is 0.487 e. The minimum Gasteiger partial charge on any atom is -0.487 e. The molecule has 1 fully saturated rings. The molecule has 20 heavy (non-hydrogen) atoms. The Morgan fingerprint density at radius 1 is 1.50 bits per heavy atom. The molecular formula is C15H18F2N2O. The Balaban J connectivity index is 2.08. The van der Waals surface area contributed by atoms with Gasteiger partial charge in [-0.05, 0) is 37.9 Å². The second-order valence-electron chi connectivity index (χ2n) is 5.14. The van der Waals surface area contributed by atoms with Crippen molar-refractivity contribution in [3.8, 4) is 11.8 Å². The van der Waals surface area contributed by atoms with Crippen LogP contribution in [0.2, 0.25) is 0 Å². The number of hydrogen-bond acceptors (Lipinski definition) is 3. The molecule has 3 nitrogen and oxygen atoms in total. The van der Waals surface area contributed by atoms with Crippen molar-refractivity contribution in [2.75, 3.05) is 6.54 Å². The van der Waals surface area contributed by atoms with Crippen molar-refractivity contribution in [2.24, 2.45) is 0 Å². The fraction of sp³-hybridized carbons (Fsp3) is 0.533. The van der Waals surface area contributed by atoms with Crippen molar-refractivity contribution in [1.29, 1.82) is 5.26 Å². The molecular weight excluding hydrogens is 262 g/mol. The van der Waals surface area contributed by atoms with Crippen LogP contribution < -0.4 is 10.1 Å². The molecule has 108 valence electrons. The molecule has 0 bridgehead atoms. The monoisotopic (exact) mass is 280 g/mol. The fourth-order valence-electron chi connectivity index (χ4n) is 2.72. The summed E-state index contributed by atoms with van der Waals surface area (Å²) in [5, 5.41) is 12.5. The van der Waals surface area contributed by atoms with E-state index in [0.29, 0.717) is 13.0 Å². The van der Waals surface area contributed by atoms with Crippen molar-refractivity contribution in [1.82, 2.24) is 5.32 Å². The van der Waals surface area contributed by atoms with Gasteiger partial charge in [0.25, 0.3) is 0 Å². The number of hydrogen-bond donors (Lipinski definition) is 1. The van der Waals surface area contributed by atoms with Gasteiger partial charge >= 0.3 is 0 Å². The molecule has 2 rings (SSSR count). The average molecular weight is 280 g/mol. The smallest absolute Gasteiger partial charge is 0.167 e. The molecule has 2 unspecified atom stereocenters. The van der Waals surface area contributed by atoms with Crippen LogP contribution in [0, 0.1) is 23.0 Å². The number of nitrogens with one attached hydrogen (secondary N) is 1. The highest BCUT2D eigenvalue weighted by atomic mass is 19.1. The molecule has 2 atom stereocenters. The summed E-state index contributed by atoms with van der Waals surface area (Å²) < 4.78 is 32.0. The number of nitrogens with zero attached hydrogens (tertiary/aromatic N) is 1. The molecule has 0 amide bonds. The lowest BCUT2D eigenvalue weighted by molar-refractivity contribution is 0.109. The zero-order valence-electron chi connectivity index (χ0n) is 11.5. The third kappa shape index (κ3) is 3.26. The third-order valence-electron chi connectivity index (χ3n) is 3.62. The first-order chi connectivity index (χ1) is 9.58. The van der Waals surface area contributed by atoms with Gasteiger partial charge in [-0.15, -0.1) is 0 Å². The van der Waals surface area contributed by atoms with E-state index in [4.69, 9.17) is 4.74 Å². The van der Waals surface area contributed by atoms with E-state index in [-0.39, 0.29) is 11.9 Å². The molecule has 0 saturated heterocycles. The summed E-state index contributed by atoms with van der Waals surface area (Å²) in [5.41, 5.74) is -0.603. The van der Waals surface area contributed by atoms with Gasteiger partial charge in [-0.3, -0.25) is 5.32 Å². The van der Waals surface area contributed by atoms with E-state index in [1.165, 1.54) is 12.1 Å². The maximum absolute atomic E-state index is 13.6. The topological polar surface area (TPSA) is 45.0 Å². The molecule has 1 N–H and O–H groups in total. The van der Waals surface area contributed by atoms with Crippen LogP contribution in [0.4, 0.5) is 8.78 Å². The van der Waals surface area contributed by atoms with E-state index in [1.54, 1.807) is 0 Å². The number of ether oxygens (including phenoxy) is 1. The number of halogens is 2. The van der Waals surface area contributed by atoms with Crippen molar-refractivity contribution in [2.45, 2.75) is 44.2 Å². The first-order valence-corrected chi connectivity index (χ1v) is 6.86. The number of rotatable bonds is 4. The van der Waals surface area contributed by atoms with Gasteiger partial charge < -0.3 is 4.74 Å². The average Bonchev–Trinajstić information content (AvgIpc) is 2.43. The molecule has 0 aromatic heterocycles. The highest BCUT2D eigenvalue weighted by molar-refractivity contribution is 5.25. The van der Waals surface area contributed by atoms with E-state index in [2.05, 4.69) is 11.4 Å². The maximum atomic E-state index is 13.6. The van der Waals surface area contributed by atoms with E-state index in [9.17, 15) is 14.0 Å². The third-order valence-corrected chi connectivity index (χ3v) is 3.62. The van der Waals surface area contributed by atoms with Gasteiger partial charge in [0.15, 0.2) is 11.6 Å². The van der Waals surface area contributed by atoms with Crippen LogP contribution in [-0.2, 0) is 0 Å². The van der Waals surface area contributed by atoms with Crippen LogP contribution in [-0.4, -0.2) is 18.2 Å². The van der Waals surface area contributed by atoms with Crippen LogP contribution in [0.15, 0.2) is 18.2 Å². The van der Waals surface area contributed by atoms with Crippen LogP contribution in [0.5, 0.6) is 5.75 Å². The highest BCUT2D eigenvalue weighted by Crippen LogP contribution is 2.31. The molecule has 0 aliphatic heterocycles. The summed E-state index contributed by atoms with van der Waals surface area (Å²) in [6.07, 6.45) is 2.65. The van der Waals surface area contributed by atoms with Gasteiger partial charge in [-0.25, -0.2) is 8.78 Å². The van der Waals surface area contributed by atoms with E-state index in [0.717, 1.165) is 25.3 Å². The van der Waals surface area contributed by atoms with E-state index < -0.39 is 17.2 Å². The van der Waals surface area contributed by atoms with Crippen molar-refractivity contribution >= 4 is 0 Å². The van der Waals surface area contributed by atoms with Gasteiger partial charge in [-0.2, -0.15) is 5.26 Å². The number of benzene rings is 1. The lowest BCUT2D eigenvalue weighted by Gasteiger charge is -2.36. The first-order valence-electron chi connectivity index (χ1n) is 6.86. The highest BCUT2D eigenvalue weighted by Gasteiger charge is 2.37. The van der Waals surface area contributed by atoms with Crippen molar-refractivity contribution in [3.05, 3.63) is 29.8 Å². The normalized spacial score (nSPS) is 26.0. The maximum Gasteiger partial charge on any atom is 0.167 e. The molecule has 1 aromatic rings. The Morgan fingerprint density at radius 3 is 2.95 bits per heavy atom. The SMILES string of the molecule is CCNC1(C#N)CCCC(Oc2ccc(F)cc2F)C1. The predicted octanol–water partition coefficient (Wildman–Crippen LogP) is 3.16. The summed E-state index contributed by atoms with van der Waals surface area (Å²) in [5.74, 6) is -1.29. The molecule has 0 heterocycles. The van der Waals surface area contributed by atoms with E-state index in [1.807, 2.05) is 6.92 Å². The molecule has 0 spiro atoms. The van der Waals surface area contributed by atoms with Gasteiger partial charge in [0, 0.05) is 12.5 Å². The molecule has 1 aromatic carbocycles. The Labute approximate surface area is 117 Å². The minimum atomic E-state index is -0.707. The van der Waals surface area contributed by atoms with E-state index >= 15 is 0 Å². The van der Waals surface area contributed by atoms with Gasteiger partial charge in [0.05, 0.1) is 6.07 Å². The Hall–Kier alpha value is -1.67. The zero-order chi connectivity index (χ0) is 14.6. The van der Waals surface area contributed by atoms with Crippen molar-refractivity contribution in [3.63, 3.8) is 0 Å². The Kier molecular flexibility index (Phi) is 4.56. The standard InChI is InChI=1S/C15H18F2N2O/c1-2-19-15(10-18)7-3-4-12(9-15)20-14-6-5-11(16)8-13(14)17/h5-6,8,12,19H,2-4,7,9H2,1H3. The molecule has 1 aliphatic carbocycles. The van der Waals surface area contributed by atoms with Gasteiger partial charge in [0.2, 0.25) is 0 Å². The lowest BCUT2D eigenvalue weighted by Crippen LogP contribution is -2.49. The quantitative estimate of drug-likeness (QED) is 0.921. The summed E-state index contributed by atoms with van der Waals surface area (Å²) in [6.45, 7) is 2.65. The predicted molar refractivity (Wildman–Crippen MR) is 71.3 cm³/mol. The molecule has 0 radical (unpaired) electrons. The van der Waals surface area contributed by atoms with Crippen LogP contribution >= 0.6 is 0 Å². The molecule has 5 heteroatoms. The van der Waals surface area contributed by atoms with Crippen LogP contribution in [0.1, 0.15) is 32.6 Å². The Bertz CT molecular complexity index is 511. The molecule has 1 saturated carbocycles. The lowest BCUT2D eigenvalue weighted by atomic mass is 9.81. The summed E-state index contributed by atoms with van der Waals surface area (Å²) >= 11 is 0. The first kappa shape index (κ1) is 14.7. The second-order valence-corrected chi connectivity index (χ2v) is 5.14. The van der Waals surface area contributed by atoms with Crippen LogP contribution in [0.3, 0.4) is 0 Å². The number of nitriles is 1. The summed E-state index contributed by atoms with van der Waals surface area (Å²) in [4.78, 5) is 0. The minimum absolute atomic E-state index is 0.0432. The Morgan fingerprint density at radius 2 is 2.30 bits per heavy atom. The molecule has 1 aliphatic rings. The van der Waals surface area contributed by atoms with Crippen LogP contribution in [0.25, 0.3) is 0 Å². The van der Waals surface area contributed by atoms with Gasteiger partial charge in [0.1, 0.15) is 17.5 Å². The van der Waals surface area contributed by atoms with Gasteiger partial charge in [-0.1, -0.05) is 6.92 Å². The zero-order valence-corrected chi connectivity index (χ0v) is 11.5. The second kappa shape index (κ2) is 6.19. The fourth-order valence-corrected chi connectivity index (χ4v) is 2.72. The summed E-state index contributed by atoms with van der Waals surface area (Å²) in [6, 6.07) is 5.58.